The van der Waals surface area contributed by atoms with Gasteiger partial charge in [-0.2, -0.15) is 5.10 Å². The highest BCUT2D eigenvalue weighted by molar-refractivity contribution is 6.30. The lowest BCUT2D eigenvalue weighted by atomic mass is 10.3. The van der Waals surface area contributed by atoms with Crippen molar-refractivity contribution in [3.05, 3.63) is 28.9 Å². The molecule has 1 aliphatic carbocycles. The molecule has 3 rings (SSSR count). The molecule has 1 saturated carbocycles. The lowest BCUT2D eigenvalue weighted by Gasteiger charge is -2.07. The third-order valence-corrected chi connectivity index (χ3v) is 3.51. The third-order valence-electron chi connectivity index (χ3n) is 3.21. The molecule has 5 nitrogen and oxygen atoms in total. The molecule has 2 aromatic rings. The number of anilines is 2. The Morgan fingerprint density at radius 3 is 2.78 bits per heavy atom. The fraction of sp³-hybridized carbons (Fsp3) is 0.417. The van der Waals surface area contributed by atoms with Gasteiger partial charge in [0.2, 0.25) is 0 Å². The fourth-order valence-electron chi connectivity index (χ4n) is 1.82. The van der Waals surface area contributed by atoms with E-state index in [1.807, 2.05) is 18.7 Å². The van der Waals surface area contributed by atoms with E-state index in [1.54, 1.807) is 12.4 Å². The Labute approximate surface area is 110 Å². The quantitative estimate of drug-likeness (QED) is 0.925. The van der Waals surface area contributed by atoms with Crippen molar-refractivity contribution in [1.82, 2.24) is 19.7 Å². The summed E-state index contributed by atoms with van der Waals surface area (Å²) in [4.78, 5) is 8.72. The Hall–Kier alpha value is -1.62. The Balaban J connectivity index is 1.88. The molecule has 6 heteroatoms. The Morgan fingerprint density at radius 1 is 1.39 bits per heavy atom. The number of nitrogens with zero attached hydrogens (tertiary/aromatic N) is 4. The van der Waals surface area contributed by atoms with Crippen LogP contribution in [0.5, 0.6) is 0 Å². The van der Waals surface area contributed by atoms with Gasteiger partial charge < -0.3 is 5.32 Å². The van der Waals surface area contributed by atoms with Crippen molar-refractivity contribution in [3.63, 3.8) is 0 Å². The summed E-state index contributed by atoms with van der Waals surface area (Å²) in [5.74, 6) is 1.21. The molecule has 0 radical (unpaired) electrons. The third kappa shape index (κ3) is 2.06. The number of rotatable bonds is 3. The summed E-state index contributed by atoms with van der Waals surface area (Å²) in [5.41, 5.74) is 2.90. The molecule has 0 atom stereocenters. The van der Waals surface area contributed by atoms with E-state index >= 15 is 0 Å². The Kier molecular flexibility index (Phi) is 2.70. The molecule has 18 heavy (non-hydrogen) atoms. The summed E-state index contributed by atoms with van der Waals surface area (Å²) in [7, 11) is 1.91. The number of halogens is 1. The fourth-order valence-corrected chi connectivity index (χ4v) is 2.07. The summed E-state index contributed by atoms with van der Waals surface area (Å²) in [5, 5.41) is 7.93. The maximum atomic E-state index is 6.05. The summed E-state index contributed by atoms with van der Waals surface area (Å²) < 4.78 is 1.81. The predicted molar refractivity (Wildman–Crippen MR) is 70.2 cm³/mol. The minimum Gasteiger partial charge on any atom is -0.336 e. The van der Waals surface area contributed by atoms with E-state index in [4.69, 9.17) is 11.6 Å². The van der Waals surface area contributed by atoms with Crippen molar-refractivity contribution >= 4 is 23.1 Å². The van der Waals surface area contributed by atoms with Crippen molar-refractivity contribution in [2.75, 3.05) is 5.32 Å². The van der Waals surface area contributed by atoms with Gasteiger partial charge in [-0.25, -0.2) is 9.97 Å². The molecule has 0 spiro atoms. The lowest BCUT2D eigenvalue weighted by molar-refractivity contribution is 0.740. The van der Waals surface area contributed by atoms with Gasteiger partial charge in [-0.15, -0.1) is 0 Å². The van der Waals surface area contributed by atoms with Crippen LogP contribution in [0, 0.1) is 6.92 Å². The van der Waals surface area contributed by atoms with Crippen LogP contribution in [0.25, 0.3) is 0 Å². The standard InChI is InChI=1S/C12H14ClN5/c1-7-9(5-15-18(7)2)16-10-6-14-12(13)11(17-10)8-3-4-8/h5-6,8H,3-4H2,1-2H3,(H,16,17). The van der Waals surface area contributed by atoms with E-state index in [-0.39, 0.29) is 0 Å². The minimum atomic E-state index is 0.488. The number of aryl methyl sites for hydroxylation is 1. The van der Waals surface area contributed by atoms with Crippen LogP contribution < -0.4 is 5.32 Å². The first-order valence-corrected chi connectivity index (χ1v) is 6.31. The van der Waals surface area contributed by atoms with Gasteiger partial charge in [0.25, 0.3) is 0 Å². The van der Waals surface area contributed by atoms with E-state index in [1.165, 1.54) is 0 Å². The van der Waals surface area contributed by atoms with Crippen LogP contribution in [0.15, 0.2) is 12.4 Å². The van der Waals surface area contributed by atoms with Gasteiger partial charge in [0.05, 0.1) is 29.5 Å². The van der Waals surface area contributed by atoms with Crippen LogP contribution in [0.1, 0.15) is 30.1 Å². The second-order valence-corrected chi connectivity index (χ2v) is 4.96. The van der Waals surface area contributed by atoms with E-state index < -0.39 is 0 Å². The normalized spacial score (nSPS) is 14.8. The van der Waals surface area contributed by atoms with Crippen LogP contribution in [0.3, 0.4) is 0 Å². The van der Waals surface area contributed by atoms with Crippen molar-refractivity contribution in [1.29, 1.82) is 0 Å². The molecule has 0 aliphatic heterocycles. The first-order chi connectivity index (χ1) is 8.65. The van der Waals surface area contributed by atoms with E-state index in [0.29, 0.717) is 11.1 Å². The van der Waals surface area contributed by atoms with Gasteiger partial charge in [0.15, 0.2) is 5.15 Å². The van der Waals surface area contributed by atoms with E-state index in [2.05, 4.69) is 20.4 Å². The van der Waals surface area contributed by atoms with E-state index in [0.717, 1.165) is 35.7 Å². The Bertz CT molecular complexity index is 588. The van der Waals surface area contributed by atoms with Gasteiger partial charge >= 0.3 is 0 Å². The molecule has 0 amide bonds. The van der Waals surface area contributed by atoms with Crippen molar-refractivity contribution in [3.8, 4) is 0 Å². The highest BCUT2D eigenvalue weighted by Crippen LogP contribution is 2.41. The molecule has 0 aromatic carbocycles. The van der Waals surface area contributed by atoms with Gasteiger partial charge in [-0.05, 0) is 19.8 Å². The van der Waals surface area contributed by atoms with Gasteiger partial charge in [-0.1, -0.05) is 11.6 Å². The molecule has 0 unspecified atom stereocenters. The molecule has 1 aliphatic rings. The average molecular weight is 264 g/mol. The van der Waals surface area contributed by atoms with Crippen LogP contribution in [-0.2, 0) is 7.05 Å². The summed E-state index contributed by atoms with van der Waals surface area (Å²) in [6, 6.07) is 0. The molecule has 0 bridgehead atoms. The zero-order valence-electron chi connectivity index (χ0n) is 10.3. The highest BCUT2D eigenvalue weighted by Gasteiger charge is 2.28. The topological polar surface area (TPSA) is 55.6 Å². The van der Waals surface area contributed by atoms with E-state index in [9.17, 15) is 0 Å². The van der Waals surface area contributed by atoms with Crippen molar-refractivity contribution in [2.24, 2.45) is 7.05 Å². The zero-order chi connectivity index (χ0) is 12.7. The molecule has 94 valence electrons. The maximum absolute atomic E-state index is 6.05. The summed E-state index contributed by atoms with van der Waals surface area (Å²) in [6.07, 6.45) is 5.75. The lowest BCUT2D eigenvalue weighted by Crippen LogP contribution is -2.00. The zero-order valence-corrected chi connectivity index (χ0v) is 11.1. The first kappa shape index (κ1) is 11.5. The summed E-state index contributed by atoms with van der Waals surface area (Å²) >= 11 is 6.05. The number of hydrogen-bond acceptors (Lipinski definition) is 4. The van der Waals surface area contributed by atoms with Crippen LogP contribution in [0.2, 0.25) is 5.15 Å². The number of hydrogen-bond donors (Lipinski definition) is 1. The van der Waals surface area contributed by atoms with Crippen molar-refractivity contribution < 1.29 is 0 Å². The molecule has 0 saturated heterocycles. The number of nitrogens with one attached hydrogen (secondary N) is 1. The monoisotopic (exact) mass is 263 g/mol. The van der Waals surface area contributed by atoms with Gasteiger partial charge in [-0.3, -0.25) is 4.68 Å². The van der Waals surface area contributed by atoms with Crippen LogP contribution >= 0.6 is 11.6 Å². The largest absolute Gasteiger partial charge is 0.336 e. The van der Waals surface area contributed by atoms with Crippen LogP contribution in [-0.4, -0.2) is 19.7 Å². The first-order valence-electron chi connectivity index (χ1n) is 5.93. The van der Waals surface area contributed by atoms with Crippen LogP contribution in [0.4, 0.5) is 11.5 Å². The average Bonchev–Trinajstić information content (AvgIpc) is 3.15. The molecule has 2 aromatic heterocycles. The summed E-state index contributed by atoms with van der Waals surface area (Å²) in [6.45, 7) is 2.00. The maximum Gasteiger partial charge on any atom is 0.150 e. The smallest absolute Gasteiger partial charge is 0.150 e. The van der Waals surface area contributed by atoms with Crippen molar-refractivity contribution in [2.45, 2.75) is 25.7 Å². The second-order valence-electron chi connectivity index (χ2n) is 4.60. The van der Waals surface area contributed by atoms with Gasteiger partial charge in [0, 0.05) is 13.0 Å². The Morgan fingerprint density at radius 2 is 2.17 bits per heavy atom. The molecule has 2 heterocycles. The molecule has 1 fully saturated rings. The predicted octanol–water partition coefficient (Wildman–Crippen LogP) is 2.79. The van der Waals surface area contributed by atoms with Gasteiger partial charge in [0.1, 0.15) is 5.82 Å². The molecule has 1 N–H and O–H groups in total. The number of aromatic nitrogens is 4. The molecular formula is C12H14ClN5. The second kappa shape index (κ2) is 4.24. The minimum absolute atomic E-state index is 0.488. The highest BCUT2D eigenvalue weighted by atomic mass is 35.5. The SMILES string of the molecule is Cc1c(Nc2cnc(Cl)c(C3CC3)n2)cnn1C. The molecular weight excluding hydrogens is 250 g/mol.